The molecule has 5 heteroatoms. The van der Waals surface area contributed by atoms with Gasteiger partial charge in [0, 0.05) is 6.04 Å². The van der Waals surface area contributed by atoms with Gasteiger partial charge in [-0.1, -0.05) is 31.2 Å². The summed E-state index contributed by atoms with van der Waals surface area (Å²) in [5, 5.41) is 0. The van der Waals surface area contributed by atoms with Crippen LogP contribution in [0.25, 0.3) is 0 Å². The van der Waals surface area contributed by atoms with Gasteiger partial charge < -0.3 is 4.74 Å². The number of ether oxygens (including phenoxy) is 1. The Labute approximate surface area is 144 Å². The SMILES string of the molecule is CCC(NS(=O)(=O)c1c(C)cc(OC)cc1C)c1ccccc1C. The number of rotatable bonds is 6. The van der Waals surface area contributed by atoms with Gasteiger partial charge in [-0.25, -0.2) is 13.1 Å². The topological polar surface area (TPSA) is 55.4 Å². The van der Waals surface area contributed by atoms with E-state index in [0.717, 1.165) is 11.1 Å². The van der Waals surface area contributed by atoms with E-state index in [1.807, 2.05) is 38.1 Å². The molecule has 0 saturated carbocycles. The third-order valence-corrected chi connectivity index (χ3v) is 5.98. The van der Waals surface area contributed by atoms with Gasteiger partial charge in [-0.3, -0.25) is 0 Å². The Bertz CT molecular complexity index is 805. The van der Waals surface area contributed by atoms with Crippen molar-refractivity contribution in [1.82, 2.24) is 4.72 Å². The van der Waals surface area contributed by atoms with E-state index in [2.05, 4.69) is 4.72 Å². The smallest absolute Gasteiger partial charge is 0.241 e. The molecule has 2 rings (SSSR count). The van der Waals surface area contributed by atoms with Gasteiger partial charge >= 0.3 is 0 Å². The van der Waals surface area contributed by atoms with Crippen molar-refractivity contribution in [2.24, 2.45) is 0 Å². The van der Waals surface area contributed by atoms with Crippen LogP contribution >= 0.6 is 0 Å². The van der Waals surface area contributed by atoms with E-state index in [1.165, 1.54) is 0 Å². The molecule has 0 radical (unpaired) electrons. The first-order valence-corrected chi connectivity index (χ1v) is 9.51. The van der Waals surface area contributed by atoms with Crippen molar-refractivity contribution in [1.29, 1.82) is 0 Å². The van der Waals surface area contributed by atoms with Crippen molar-refractivity contribution in [3.05, 3.63) is 58.7 Å². The third kappa shape index (κ3) is 3.79. The number of benzene rings is 2. The van der Waals surface area contributed by atoms with Crippen LogP contribution in [0.1, 0.15) is 41.6 Å². The van der Waals surface area contributed by atoms with E-state index in [4.69, 9.17) is 4.74 Å². The maximum absolute atomic E-state index is 13.0. The normalized spacial score (nSPS) is 12.9. The molecule has 24 heavy (non-hydrogen) atoms. The van der Waals surface area contributed by atoms with Gasteiger partial charge in [-0.15, -0.1) is 0 Å². The quantitative estimate of drug-likeness (QED) is 0.858. The molecular weight excluding hydrogens is 322 g/mol. The summed E-state index contributed by atoms with van der Waals surface area (Å²) < 4.78 is 34.0. The second-order valence-corrected chi connectivity index (χ2v) is 7.68. The Kier molecular flexibility index (Phi) is 5.67. The van der Waals surface area contributed by atoms with Crippen LogP contribution in [0.4, 0.5) is 0 Å². The fraction of sp³-hybridized carbons (Fsp3) is 0.368. The summed E-state index contributed by atoms with van der Waals surface area (Å²) in [7, 11) is -2.05. The minimum Gasteiger partial charge on any atom is -0.497 e. The molecule has 1 N–H and O–H groups in total. The maximum atomic E-state index is 13.0. The van der Waals surface area contributed by atoms with Gasteiger partial charge in [0.05, 0.1) is 12.0 Å². The molecule has 0 bridgehead atoms. The summed E-state index contributed by atoms with van der Waals surface area (Å²) in [6.45, 7) is 7.56. The zero-order chi connectivity index (χ0) is 17.9. The van der Waals surface area contributed by atoms with Crippen LogP contribution < -0.4 is 9.46 Å². The molecule has 0 fully saturated rings. The van der Waals surface area contributed by atoms with Gasteiger partial charge in [0.1, 0.15) is 5.75 Å². The fourth-order valence-electron chi connectivity index (χ4n) is 3.04. The first kappa shape index (κ1) is 18.5. The molecule has 0 spiro atoms. The van der Waals surface area contributed by atoms with Crippen molar-refractivity contribution in [3.63, 3.8) is 0 Å². The third-order valence-electron chi connectivity index (χ3n) is 4.21. The summed E-state index contributed by atoms with van der Waals surface area (Å²) >= 11 is 0. The predicted octanol–water partition coefficient (Wildman–Crippen LogP) is 4.05. The van der Waals surface area contributed by atoms with Crippen molar-refractivity contribution < 1.29 is 13.2 Å². The highest BCUT2D eigenvalue weighted by molar-refractivity contribution is 7.89. The van der Waals surface area contributed by atoms with E-state index in [0.29, 0.717) is 28.2 Å². The number of methoxy groups -OCH3 is 1. The van der Waals surface area contributed by atoms with Gasteiger partial charge in [-0.05, 0) is 61.6 Å². The molecule has 1 atom stereocenters. The van der Waals surface area contributed by atoms with E-state index >= 15 is 0 Å². The van der Waals surface area contributed by atoms with Gasteiger partial charge in [0.15, 0.2) is 0 Å². The Morgan fingerprint density at radius 3 is 2.12 bits per heavy atom. The van der Waals surface area contributed by atoms with Crippen molar-refractivity contribution in [3.8, 4) is 5.75 Å². The number of nitrogens with one attached hydrogen (secondary N) is 1. The molecular formula is C19H25NO3S. The molecule has 0 heterocycles. The highest BCUT2D eigenvalue weighted by Crippen LogP contribution is 2.28. The molecule has 0 aliphatic carbocycles. The van der Waals surface area contributed by atoms with Crippen LogP contribution in [-0.4, -0.2) is 15.5 Å². The van der Waals surface area contributed by atoms with Crippen LogP contribution in [0, 0.1) is 20.8 Å². The highest BCUT2D eigenvalue weighted by atomic mass is 32.2. The van der Waals surface area contributed by atoms with Gasteiger partial charge in [0.2, 0.25) is 10.0 Å². The lowest BCUT2D eigenvalue weighted by atomic mass is 10.0. The molecule has 2 aromatic rings. The standard InChI is InChI=1S/C19H25NO3S/c1-6-18(17-10-8-7-9-13(17)2)20-24(21,22)19-14(3)11-16(23-5)12-15(19)4/h7-12,18,20H,6H2,1-5H3. The Morgan fingerprint density at radius 1 is 1.04 bits per heavy atom. The maximum Gasteiger partial charge on any atom is 0.241 e. The first-order chi connectivity index (χ1) is 11.3. The number of aryl methyl sites for hydroxylation is 3. The fourth-order valence-corrected chi connectivity index (χ4v) is 4.79. The zero-order valence-corrected chi connectivity index (χ0v) is 15.7. The lowest BCUT2D eigenvalue weighted by Crippen LogP contribution is -2.30. The monoisotopic (exact) mass is 347 g/mol. The summed E-state index contributed by atoms with van der Waals surface area (Å²) in [4.78, 5) is 0.329. The molecule has 130 valence electrons. The van der Waals surface area contributed by atoms with E-state index < -0.39 is 10.0 Å². The molecule has 1 unspecified atom stereocenters. The summed E-state index contributed by atoms with van der Waals surface area (Å²) in [6, 6.07) is 11.1. The van der Waals surface area contributed by atoms with Gasteiger partial charge in [0.25, 0.3) is 0 Å². The lowest BCUT2D eigenvalue weighted by molar-refractivity contribution is 0.413. The largest absolute Gasteiger partial charge is 0.497 e. The van der Waals surface area contributed by atoms with E-state index in [9.17, 15) is 8.42 Å². The van der Waals surface area contributed by atoms with Crippen LogP contribution in [0.3, 0.4) is 0 Å². The Hall–Kier alpha value is -1.85. The second kappa shape index (κ2) is 7.36. The predicted molar refractivity (Wildman–Crippen MR) is 97.0 cm³/mol. The number of hydrogen-bond acceptors (Lipinski definition) is 3. The average molecular weight is 347 g/mol. The van der Waals surface area contributed by atoms with Crippen molar-refractivity contribution in [2.45, 2.75) is 45.1 Å². The summed E-state index contributed by atoms with van der Waals surface area (Å²) in [6.07, 6.45) is 0.679. The molecule has 0 aliphatic heterocycles. The molecule has 0 saturated heterocycles. The van der Waals surface area contributed by atoms with Crippen LogP contribution in [0.2, 0.25) is 0 Å². The lowest BCUT2D eigenvalue weighted by Gasteiger charge is -2.21. The van der Waals surface area contributed by atoms with E-state index in [-0.39, 0.29) is 6.04 Å². The number of sulfonamides is 1. The van der Waals surface area contributed by atoms with Crippen LogP contribution in [-0.2, 0) is 10.0 Å². The molecule has 0 amide bonds. The second-order valence-electron chi connectivity index (χ2n) is 6.03. The summed E-state index contributed by atoms with van der Waals surface area (Å²) in [5.74, 6) is 0.662. The average Bonchev–Trinajstić information content (AvgIpc) is 2.52. The minimum atomic E-state index is -3.63. The van der Waals surface area contributed by atoms with Crippen LogP contribution in [0.15, 0.2) is 41.3 Å². The minimum absolute atomic E-state index is 0.253. The molecule has 2 aromatic carbocycles. The molecule has 4 nitrogen and oxygen atoms in total. The van der Waals surface area contributed by atoms with Crippen LogP contribution in [0.5, 0.6) is 5.75 Å². The Balaban J connectivity index is 2.43. The molecule has 0 aliphatic rings. The van der Waals surface area contributed by atoms with Crippen molar-refractivity contribution in [2.75, 3.05) is 7.11 Å². The Morgan fingerprint density at radius 2 is 1.62 bits per heavy atom. The summed E-state index contributed by atoms with van der Waals surface area (Å²) in [5.41, 5.74) is 3.44. The first-order valence-electron chi connectivity index (χ1n) is 8.03. The van der Waals surface area contributed by atoms with Crippen molar-refractivity contribution >= 4 is 10.0 Å². The highest BCUT2D eigenvalue weighted by Gasteiger charge is 2.25. The molecule has 0 aromatic heterocycles. The zero-order valence-electron chi connectivity index (χ0n) is 14.9. The van der Waals surface area contributed by atoms with Gasteiger partial charge in [-0.2, -0.15) is 0 Å². The van der Waals surface area contributed by atoms with E-state index in [1.54, 1.807) is 33.1 Å². The number of hydrogen-bond donors (Lipinski definition) is 1.